The molecule has 0 bridgehead atoms. The van der Waals surface area contributed by atoms with Crippen molar-refractivity contribution in [3.63, 3.8) is 0 Å². The fraction of sp³-hybridized carbons (Fsp3) is 0.667. The van der Waals surface area contributed by atoms with Crippen LogP contribution >= 0.6 is 0 Å². The summed E-state index contributed by atoms with van der Waals surface area (Å²) in [7, 11) is 0. The van der Waals surface area contributed by atoms with Crippen LogP contribution in [0.4, 0.5) is 0 Å². The van der Waals surface area contributed by atoms with Crippen molar-refractivity contribution in [2.45, 2.75) is 20.3 Å². The van der Waals surface area contributed by atoms with Gasteiger partial charge in [0.15, 0.2) is 0 Å². The second-order valence-electron chi connectivity index (χ2n) is 3.51. The minimum absolute atomic E-state index is 0.782. The normalized spacial score (nSPS) is 43.8. The van der Waals surface area contributed by atoms with E-state index in [0.717, 1.165) is 17.8 Å². The van der Waals surface area contributed by atoms with Crippen LogP contribution in [0.2, 0.25) is 0 Å². The monoisotopic (exact) mass is 135 g/mol. The van der Waals surface area contributed by atoms with Gasteiger partial charge in [-0.05, 0) is 25.2 Å². The summed E-state index contributed by atoms with van der Waals surface area (Å²) in [6.45, 7) is 4.47. The Morgan fingerprint density at radius 2 is 2.40 bits per heavy atom. The molecule has 1 heteroatoms. The molecular formula is C9H13N. The summed E-state index contributed by atoms with van der Waals surface area (Å²) < 4.78 is 0. The summed E-state index contributed by atoms with van der Waals surface area (Å²) >= 11 is 0. The number of nitrogens with zero attached hydrogens (tertiary/aromatic N) is 1. The largest absolute Gasteiger partial charge is 0.266 e. The zero-order chi connectivity index (χ0) is 7.14. The minimum atomic E-state index is 0.782. The number of fused-ring (bicyclic) bond motifs is 1. The zero-order valence-corrected chi connectivity index (χ0v) is 6.54. The van der Waals surface area contributed by atoms with Gasteiger partial charge in [-0.3, -0.25) is 4.99 Å². The molecule has 1 nitrogen and oxygen atoms in total. The number of hydrogen-bond donors (Lipinski definition) is 0. The molecule has 3 unspecified atom stereocenters. The van der Waals surface area contributed by atoms with Gasteiger partial charge in [0.25, 0.3) is 0 Å². The van der Waals surface area contributed by atoms with E-state index in [1.54, 1.807) is 0 Å². The van der Waals surface area contributed by atoms with E-state index < -0.39 is 0 Å². The van der Waals surface area contributed by atoms with Crippen molar-refractivity contribution in [1.29, 1.82) is 0 Å². The van der Waals surface area contributed by atoms with E-state index >= 15 is 0 Å². The van der Waals surface area contributed by atoms with Crippen LogP contribution in [0, 0.1) is 17.8 Å². The highest BCUT2D eigenvalue weighted by Crippen LogP contribution is 2.43. The Balaban J connectivity index is 2.21. The van der Waals surface area contributed by atoms with Crippen LogP contribution in [0.1, 0.15) is 20.3 Å². The predicted molar refractivity (Wildman–Crippen MR) is 43.0 cm³/mol. The molecule has 1 aliphatic carbocycles. The highest BCUT2D eigenvalue weighted by atomic mass is 14.7. The highest BCUT2D eigenvalue weighted by Gasteiger charge is 2.39. The first-order valence-electron chi connectivity index (χ1n) is 4.00. The molecule has 0 aromatic rings. The Bertz CT molecular complexity index is 203. The zero-order valence-electron chi connectivity index (χ0n) is 6.54. The molecule has 1 saturated carbocycles. The van der Waals surface area contributed by atoms with Crippen molar-refractivity contribution >= 4 is 5.71 Å². The second kappa shape index (κ2) is 1.94. The van der Waals surface area contributed by atoms with Gasteiger partial charge in [-0.25, -0.2) is 0 Å². The molecule has 0 amide bonds. The van der Waals surface area contributed by atoms with Gasteiger partial charge in [0.1, 0.15) is 0 Å². The molecule has 54 valence electrons. The van der Waals surface area contributed by atoms with Crippen LogP contribution in [-0.2, 0) is 0 Å². The van der Waals surface area contributed by atoms with Gasteiger partial charge >= 0.3 is 0 Å². The van der Waals surface area contributed by atoms with E-state index in [-0.39, 0.29) is 0 Å². The third-order valence-corrected chi connectivity index (χ3v) is 2.81. The first-order chi connectivity index (χ1) is 4.79. The van der Waals surface area contributed by atoms with Crippen molar-refractivity contribution in [3.8, 4) is 0 Å². The molecule has 0 aromatic heterocycles. The van der Waals surface area contributed by atoms with Crippen molar-refractivity contribution in [1.82, 2.24) is 0 Å². The quantitative estimate of drug-likeness (QED) is 0.483. The molecule has 10 heavy (non-hydrogen) atoms. The Morgan fingerprint density at radius 1 is 1.60 bits per heavy atom. The summed E-state index contributed by atoms with van der Waals surface area (Å²) in [5.74, 6) is 2.48. The molecule has 0 N–H and O–H groups in total. The standard InChI is InChI=1S/C9H13N/c1-6-5-8-3-4-10-7(2)9(6)8/h3-4,6,8-9H,5H2,1-2H3. The fourth-order valence-electron chi connectivity index (χ4n) is 2.23. The van der Waals surface area contributed by atoms with E-state index in [1.807, 2.05) is 6.20 Å². The van der Waals surface area contributed by atoms with Crippen LogP contribution < -0.4 is 0 Å². The van der Waals surface area contributed by atoms with Gasteiger partial charge in [-0.15, -0.1) is 0 Å². The van der Waals surface area contributed by atoms with Crippen molar-refractivity contribution < 1.29 is 0 Å². The van der Waals surface area contributed by atoms with Crippen molar-refractivity contribution in [2.24, 2.45) is 22.7 Å². The minimum Gasteiger partial charge on any atom is -0.266 e. The smallest absolute Gasteiger partial charge is 0.0230 e. The van der Waals surface area contributed by atoms with Gasteiger partial charge in [-0.1, -0.05) is 13.0 Å². The van der Waals surface area contributed by atoms with E-state index in [2.05, 4.69) is 24.9 Å². The van der Waals surface area contributed by atoms with Crippen LogP contribution in [0.5, 0.6) is 0 Å². The van der Waals surface area contributed by atoms with Crippen molar-refractivity contribution in [3.05, 3.63) is 12.3 Å². The maximum absolute atomic E-state index is 4.30. The summed E-state index contributed by atoms with van der Waals surface area (Å²) in [4.78, 5) is 4.30. The number of rotatable bonds is 0. The Labute approximate surface area is 61.9 Å². The number of aliphatic imine (C=N–C) groups is 1. The molecule has 2 aliphatic rings. The van der Waals surface area contributed by atoms with Gasteiger partial charge in [0.2, 0.25) is 0 Å². The lowest BCUT2D eigenvalue weighted by molar-refractivity contribution is 0.189. The molecule has 0 aromatic carbocycles. The molecule has 0 spiro atoms. The summed E-state index contributed by atoms with van der Waals surface area (Å²) in [6.07, 6.45) is 5.58. The van der Waals surface area contributed by atoms with Gasteiger partial charge in [0, 0.05) is 17.8 Å². The van der Waals surface area contributed by atoms with Gasteiger partial charge < -0.3 is 0 Å². The molecular weight excluding hydrogens is 122 g/mol. The number of allylic oxidation sites excluding steroid dienone is 1. The Kier molecular flexibility index (Phi) is 1.19. The third-order valence-electron chi connectivity index (χ3n) is 2.81. The molecule has 1 heterocycles. The van der Waals surface area contributed by atoms with Gasteiger partial charge in [0.05, 0.1) is 0 Å². The Hall–Kier alpha value is -0.590. The fourth-order valence-corrected chi connectivity index (χ4v) is 2.23. The number of hydrogen-bond acceptors (Lipinski definition) is 1. The maximum Gasteiger partial charge on any atom is 0.0230 e. The summed E-state index contributed by atoms with van der Waals surface area (Å²) in [5, 5.41) is 0. The van der Waals surface area contributed by atoms with E-state index in [9.17, 15) is 0 Å². The van der Waals surface area contributed by atoms with Crippen molar-refractivity contribution in [2.75, 3.05) is 0 Å². The van der Waals surface area contributed by atoms with Gasteiger partial charge in [-0.2, -0.15) is 0 Å². The van der Waals surface area contributed by atoms with E-state index in [4.69, 9.17) is 0 Å². The van der Waals surface area contributed by atoms with Crippen LogP contribution in [0.3, 0.4) is 0 Å². The lowest BCUT2D eigenvalue weighted by Gasteiger charge is -2.42. The SMILES string of the molecule is CC1=NC=CC2CC(C)C12. The van der Waals surface area contributed by atoms with Crippen LogP contribution in [0.15, 0.2) is 17.3 Å². The summed E-state index contributed by atoms with van der Waals surface area (Å²) in [5.41, 5.74) is 1.34. The molecule has 0 saturated heterocycles. The second-order valence-corrected chi connectivity index (χ2v) is 3.51. The molecule has 3 atom stereocenters. The first-order valence-corrected chi connectivity index (χ1v) is 4.00. The average Bonchev–Trinajstić information content (AvgIpc) is 1.85. The first kappa shape index (κ1) is 6.14. The Morgan fingerprint density at radius 3 is 2.90 bits per heavy atom. The molecule has 2 rings (SSSR count). The average molecular weight is 135 g/mol. The van der Waals surface area contributed by atoms with Crippen LogP contribution in [-0.4, -0.2) is 5.71 Å². The maximum atomic E-state index is 4.30. The lowest BCUT2D eigenvalue weighted by Crippen LogP contribution is -2.39. The predicted octanol–water partition coefficient (Wildman–Crippen LogP) is 2.25. The highest BCUT2D eigenvalue weighted by molar-refractivity contribution is 5.87. The van der Waals surface area contributed by atoms with E-state index in [1.165, 1.54) is 12.1 Å². The third kappa shape index (κ3) is 0.664. The summed E-state index contributed by atoms with van der Waals surface area (Å²) in [6, 6.07) is 0. The lowest BCUT2D eigenvalue weighted by atomic mass is 9.63. The molecule has 1 aliphatic heterocycles. The topological polar surface area (TPSA) is 12.4 Å². The van der Waals surface area contributed by atoms with Crippen LogP contribution in [0.25, 0.3) is 0 Å². The van der Waals surface area contributed by atoms with E-state index in [0.29, 0.717) is 0 Å². The molecule has 1 fully saturated rings. The molecule has 0 radical (unpaired) electrons.